The molecule has 0 saturated carbocycles. The molecule has 0 spiro atoms. The molecule has 1 heterocycles. The lowest BCUT2D eigenvalue weighted by atomic mass is 10.0. The van der Waals surface area contributed by atoms with Gasteiger partial charge in [0, 0.05) is 26.3 Å². The average Bonchev–Trinajstić information content (AvgIpc) is 2.50. The van der Waals surface area contributed by atoms with E-state index in [-0.39, 0.29) is 0 Å². The molecule has 2 aromatic carbocycles. The Labute approximate surface area is 139 Å². The minimum Gasteiger partial charge on any atom is -0.377 e. The molecule has 0 saturated heterocycles. The lowest BCUT2D eigenvalue weighted by Gasteiger charge is -2.27. The Morgan fingerprint density at radius 3 is 3.00 bits per heavy atom. The number of nitrogens with one attached hydrogen (secondary N) is 1. The normalized spacial score (nSPS) is 17.3. The molecule has 1 unspecified atom stereocenters. The van der Waals surface area contributed by atoms with Crippen LogP contribution in [-0.4, -0.2) is 11.5 Å². The van der Waals surface area contributed by atoms with Gasteiger partial charge in [0.1, 0.15) is 0 Å². The molecule has 1 aliphatic rings. The zero-order valence-corrected chi connectivity index (χ0v) is 14.3. The topological polar surface area (TPSA) is 12.0 Å². The molecule has 0 amide bonds. The highest BCUT2D eigenvalue weighted by molar-refractivity contribution is 7.99. The summed E-state index contributed by atoms with van der Waals surface area (Å²) < 4.78 is 0. The zero-order chi connectivity index (χ0) is 14.7. The maximum atomic E-state index is 6.18. The Balaban J connectivity index is 1.88. The number of para-hydroxylation sites is 1. The highest BCUT2D eigenvalue weighted by Gasteiger charge is 2.21. The molecule has 2 aromatic rings. The third kappa shape index (κ3) is 3.53. The van der Waals surface area contributed by atoms with Crippen molar-refractivity contribution in [2.24, 2.45) is 0 Å². The minimum atomic E-state index is 0.346. The van der Waals surface area contributed by atoms with E-state index in [1.54, 1.807) is 0 Å². The van der Waals surface area contributed by atoms with Crippen LogP contribution in [0.2, 0.25) is 5.02 Å². The van der Waals surface area contributed by atoms with E-state index in [4.69, 9.17) is 11.6 Å². The van der Waals surface area contributed by atoms with E-state index in [2.05, 4.69) is 48.6 Å². The molecule has 1 N–H and O–H groups in total. The number of fused-ring (bicyclic) bond motifs is 1. The van der Waals surface area contributed by atoms with Gasteiger partial charge < -0.3 is 5.32 Å². The Morgan fingerprint density at radius 1 is 1.29 bits per heavy atom. The maximum Gasteiger partial charge on any atom is 0.0533 e. The van der Waals surface area contributed by atoms with Gasteiger partial charge >= 0.3 is 0 Å². The number of thioether (sulfide) groups is 2. The fourth-order valence-corrected chi connectivity index (χ4v) is 4.62. The fourth-order valence-electron chi connectivity index (χ4n) is 2.57. The quantitative estimate of drug-likeness (QED) is 0.678. The van der Waals surface area contributed by atoms with Crippen LogP contribution in [0.4, 0.5) is 5.69 Å². The van der Waals surface area contributed by atoms with Crippen LogP contribution in [-0.2, 0) is 0 Å². The average molecular weight is 336 g/mol. The molecule has 4 heteroatoms. The van der Waals surface area contributed by atoms with Gasteiger partial charge in [-0.1, -0.05) is 30.7 Å². The van der Waals surface area contributed by atoms with Crippen molar-refractivity contribution in [3.05, 3.63) is 53.1 Å². The Hall–Kier alpha value is -0.770. The number of hydrogen-bond donors (Lipinski definition) is 1. The number of benzene rings is 2. The van der Waals surface area contributed by atoms with Crippen LogP contribution < -0.4 is 5.32 Å². The molecule has 110 valence electrons. The van der Waals surface area contributed by atoms with Crippen LogP contribution in [0.25, 0.3) is 0 Å². The molecule has 0 aliphatic carbocycles. The Morgan fingerprint density at radius 2 is 2.14 bits per heavy atom. The summed E-state index contributed by atoms with van der Waals surface area (Å²) in [5, 5.41) is 4.54. The van der Waals surface area contributed by atoms with Crippen molar-refractivity contribution in [2.45, 2.75) is 29.2 Å². The van der Waals surface area contributed by atoms with Crippen molar-refractivity contribution in [1.29, 1.82) is 0 Å². The first-order chi connectivity index (χ1) is 10.3. The molecule has 0 radical (unpaired) electrons. The van der Waals surface area contributed by atoms with Gasteiger partial charge in [-0.05, 0) is 48.1 Å². The lowest BCUT2D eigenvalue weighted by Crippen LogP contribution is -2.16. The first-order valence-electron chi connectivity index (χ1n) is 7.18. The summed E-state index contributed by atoms with van der Waals surface area (Å²) in [7, 11) is 0. The number of anilines is 1. The second-order valence-electron chi connectivity index (χ2n) is 4.95. The second-order valence-corrected chi connectivity index (χ2v) is 7.82. The zero-order valence-electron chi connectivity index (χ0n) is 11.9. The van der Waals surface area contributed by atoms with Crippen LogP contribution >= 0.6 is 35.1 Å². The number of hydrogen-bond acceptors (Lipinski definition) is 3. The van der Waals surface area contributed by atoms with E-state index >= 15 is 0 Å². The van der Waals surface area contributed by atoms with Gasteiger partial charge in [-0.2, -0.15) is 0 Å². The number of halogens is 1. The van der Waals surface area contributed by atoms with Gasteiger partial charge in [0.25, 0.3) is 0 Å². The van der Waals surface area contributed by atoms with Gasteiger partial charge in [-0.15, -0.1) is 23.5 Å². The minimum absolute atomic E-state index is 0.346. The molecule has 0 fully saturated rings. The summed E-state index contributed by atoms with van der Waals surface area (Å²) >= 11 is 9.99. The van der Waals surface area contributed by atoms with Gasteiger partial charge in [-0.25, -0.2) is 0 Å². The van der Waals surface area contributed by atoms with Crippen LogP contribution in [0, 0.1) is 0 Å². The summed E-state index contributed by atoms with van der Waals surface area (Å²) in [6, 6.07) is 15.1. The van der Waals surface area contributed by atoms with Crippen LogP contribution in [0.1, 0.15) is 24.9 Å². The Kier molecular flexibility index (Phi) is 5.04. The van der Waals surface area contributed by atoms with E-state index < -0.39 is 0 Å². The summed E-state index contributed by atoms with van der Waals surface area (Å²) in [6.45, 7) is 2.19. The smallest absolute Gasteiger partial charge is 0.0533 e. The Bertz CT molecular complexity index is 630. The van der Waals surface area contributed by atoms with Crippen LogP contribution in [0.15, 0.2) is 52.3 Å². The van der Waals surface area contributed by atoms with Crippen molar-refractivity contribution in [2.75, 3.05) is 16.8 Å². The van der Waals surface area contributed by atoms with E-state index in [0.29, 0.717) is 6.04 Å². The van der Waals surface area contributed by atoms with Crippen molar-refractivity contribution in [3.8, 4) is 0 Å². The fraction of sp³-hybridized carbons (Fsp3) is 0.294. The standard InChI is InChI=1S/C17H18ClNS2/c1-2-20-17-6-4-3-5-15(17)19-14-9-10-21-16-8-7-12(18)11-13(14)16/h3-8,11,14,19H,2,9-10H2,1H3. The van der Waals surface area contributed by atoms with Gasteiger partial charge in [-0.3, -0.25) is 0 Å². The number of rotatable bonds is 4. The second kappa shape index (κ2) is 6.99. The van der Waals surface area contributed by atoms with E-state index in [1.807, 2.05) is 29.6 Å². The summed E-state index contributed by atoms with van der Waals surface area (Å²) in [6.07, 6.45) is 1.13. The van der Waals surface area contributed by atoms with E-state index in [9.17, 15) is 0 Å². The molecule has 21 heavy (non-hydrogen) atoms. The van der Waals surface area contributed by atoms with Gasteiger partial charge in [0.05, 0.1) is 6.04 Å². The maximum absolute atomic E-state index is 6.18. The van der Waals surface area contributed by atoms with Gasteiger partial charge in [0.15, 0.2) is 0 Å². The largest absolute Gasteiger partial charge is 0.377 e. The SMILES string of the molecule is CCSc1ccccc1NC1CCSc2ccc(Cl)cc21. The van der Waals surface area contributed by atoms with Crippen molar-refractivity contribution >= 4 is 40.8 Å². The highest BCUT2D eigenvalue weighted by Crippen LogP contribution is 2.40. The van der Waals surface area contributed by atoms with Crippen molar-refractivity contribution in [1.82, 2.24) is 0 Å². The predicted octanol–water partition coefficient (Wildman–Crippen LogP) is 6.10. The molecule has 3 rings (SSSR count). The summed E-state index contributed by atoms with van der Waals surface area (Å²) in [5.41, 5.74) is 2.56. The predicted molar refractivity (Wildman–Crippen MR) is 96.0 cm³/mol. The molecule has 0 bridgehead atoms. The van der Waals surface area contributed by atoms with E-state index in [1.165, 1.54) is 21.0 Å². The third-order valence-electron chi connectivity index (χ3n) is 3.53. The molecule has 0 aromatic heterocycles. The monoisotopic (exact) mass is 335 g/mol. The molecule has 1 aliphatic heterocycles. The molecular formula is C17H18ClNS2. The molecule has 1 atom stereocenters. The molecule has 1 nitrogen and oxygen atoms in total. The van der Waals surface area contributed by atoms with Gasteiger partial charge in [0.2, 0.25) is 0 Å². The van der Waals surface area contributed by atoms with Crippen LogP contribution in [0.3, 0.4) is 0 Å². The highest BCUT2D eigenvalue weighted by atomic mass is 35.5. The lowest BCUT2D eigenvalue weighted by molar-refractivity contribution is 0.726. The summed E-state index contributed by atoms with van der Waals surface area (Å²) in [4.78, 5) is 2.67. The summed E-state index contributed by atoms with van der Waals surface area (Å²) in [5.74, 6) is 2.23. The van der Waals surface area contributed by atoms with Crippen molar-refractivity contribution < 1.29 is 0 Å². The third-order valence-corrected chi connectivity index (χ3v) is 5.84. The molecular weight excluding hydrogens is 318 g/mol. The first-order valence-corrected chi connectivity index (χ1v) is 9.53. The van der Waals surface area contributed by atoms with Crippen molar-refractivity contribution in [3.63, 3.8) is 0 Å². The van der Waals surface area contributed by atoms with E-state index in [0.717, 1.165) is 22.9 Å². The first kappa shape index (κ1) is 15.1. The van der Waals surface area contributed by atoms with Crippen LogP contribution in [0.5, 0.6) is 0 Å².